The van der Waals surface area contributed by atoms with Gasteiger partial charge in [0.25, 0.3) is 0 Å². The molecule has 0 fully saturated rings. The second kappa shape index (κ2) is 8.57. The third-order valence-corrected chi connectivity index (χ3v) is 4.44. The van der Waals surface area contributed by atoms with Gasteiger partial charge in [-0.2, -0.15) is 0 Å². The molecule has 0 heterocycles. The highest BCUT2D eigenvalue weighted by Gasteiger charge is 2.38. The maximum absolute atomic E-state index is 11.4. The van der Waals surface area contributed by atoms with Gasteiger partial charge in [0.2, 0.25) is 0 Å². The number of quaternary nitrogens is 1. The van der Waals surface area contributed by atoms with Crippen LogP contribution in [0.2, 0.25) is 0 Å². The standard InChI is InChI=1S/C16H33NO2/c1-6-7-8-9-10-11-12-13-14-16(2,15(18)19)17(3,4)5/h6-14H2,1-5H3. The summed E-state index contributed by atoms with van der Waals surface area (Å²) < 4.78 is 0.422. The van der Waals surface area contributed by atoms with Crippen molar-refractivity contribution in [3.8, 4) is 0 Å². The van der Waals surface area contributed by atoms with Gasteiger partial charge in [-0.3, -0.25) is 0 Å². The van der Waals surface area contributed by atoms with E-state index in [1.807, 2.05) is 28.1 Å². The normalized spacial score (nSPS) is 15.2. The van der Waals surface area contributed by atoms with Crippen molar-refractivity contribution in [2.75, 3.05) is 21.1 Å². The minimum Gasteiger partial charge on any atom is -0.544 e. The van der Waals surface area contributed by atoms with Crippen molar-refractivity contribution < 1.29 is 14.4 Å². The Kier molecular flexibility index (Phi) is 8.31. The number of carbonyl (C=O) groups excluding carboxylic acids is 1. The fourth-order valence-corrected chi connectivity index (χ4v) is 2.31. The third kappa shape index (κ3) is 6.42. The molecule has 0 saturated heterocycles. The minimum atomic E-state index is -0.928. The molecule has 1 unspecified atom stereocenters. The zero-order chi connectivity index (χ0) is 14.9. The predicted octanol–water partition coefficient (Wildman–Crippen LogP) is 2.73. The van der Waals surface area contributed by atoms with Crippen LogP contribution < -0.4 is 5.11 Å². The Balaban J connectivity index is 3.88. The van der Waals surface area contributed by atoms with Crippen LogP contribution in [-0.4, -0.2) is 37.1 Å². The first-order chi connectivity index (χ1) is 8.75. The highest BCUT2D eigenvalue weighted by molar-refractivity contribution is 5.74. The Hall–Kier alpha value is -0.570. The van der Waals surface area contributed by atoms with Crippen molar-refractivity contribution in [1.29, 1.82) is 0 Å². The van der Waals surface area contributed by atoms with E-state index in [2.05, 4.69) is 6.92 Å². The highest BCUT2D eigenvalue weighted by atomic mass is 16.4. The van der Waals surface area contributed by atoms with E-state index in [4.69, 9.17) is 0 Å². The minimum absolute atomic E-state index is 0.422. The summed E-state index contributed by atoms with van der Waals surface area (Å²) in [6.07, 6.45) is 10.6. The number of carboxylic acids is 1. The quantitative estimate of drug-likeness (QED) is 0.428. The number of carboxylic acid groups (broad SMARTS) is 1. The molecule has 0 aliphatic carbocycles. The number of unbranched alkanes of at least 4 members (excludes halogenated alkanes) is 7. The average molecular weight is 271 g/mol. The van der Waals surface area contributed by atoms with Crippen LogP contribution in [-0.2, 0) is 4.79 Å². The lowest BCUT2D eigenvalue weighted by molar-refractivity contribution is -0.914. The summed E-state index contributed by atoms with van der Waals surface area (Å²) in [5.41, 5.74) is -0.776. The lowest BCUT2D eigenvalue weighted by Crippen LogP contribution is -2.64. The van der Waals surface area contributed by atoms with Crippen molar-refractivity contribution in [3.05, 3.63) is 0 Å². The number of aliphatic carboxylic acids is 1. The Morgan fingerprint density at radius 3 is 1.74 bits per heavy atom. The second-order valence-corrected chi connectivity index (χ2v) is 6.80. The Bertz CT molecular complexity index is 258. The molecule has 1 atom stereocenters. The number of nitrogens with zero attached hydrogens (tertiary/aromatic N) is 1. The van der Waals surface area contributed by atoms with Gasteiger partial charge in [0.1, 0.15) is 11.5 Å². The topological polar surface area (TPSA) is 40.1 Å². The zero-order valence-electron chi connectivity index (χ0n) is 13.6. The van der Waals surface area contributed by atoms with Gasteiger partial charge in [-0.1, -0.05) is 51.9 Å². The molecule has 19 heavy (non-hydrogen) atoms. The molecule has 0 aromatic carbocycles. The summed E-state index contributed by atoms with van der Waals surface area (Å²) >= 11 is 0. The van der Waals surface area contributed by atoms with Gasteiger partial charge in [-0.05, 0) is 13.3 Å². The van der Waals surface area contributed by atoms with Gasteiger partial charge < -0.3 is 14.4 Å². The van der Waals surface area contributed by atoms with Crippen molar-refractivity contribution >= 4 is 5.97 Å². The molecular formula is C16H33NO2. The molecule has 0 spiro atoms. The molecule has 3 heteroatoms. The lowest BCUT2D eigenvalue weighted by Gasteiger charge is -2.44. The molecule has 114 valence electrons. The fraction of sp³-hybridized carbons (Fsp3) is 0.938. The SMILES string of the molecule is CCCCCCCCCCC(C)(C(=O)[O-])[N+](C)(C)C. The van der Waals surface area contributed by atoms with Crippen LogP contribution in [0, 0.1) is 0 Å². The zero-order valence-corrected chi connectivity index (χ0v) is 13.6. The van der Waals surface area contributed by atoms with E-state index >= 15 is 0 Å². The molecular weight excluding hydrogens is 238 g/mol. The van der Waals surface area contributed by atoms with Crippen LogP contribution in [0.3, 0.4) is 0 Å². The van der Waals surface area contributed by atoms with E-state index in [0.717, 1.165) is 12.8 Å². The summed E-state index contributed by atoms with van der Waals surface area (Å²) in [6.45, 7) is 4.04. The van der Waals surface area contributed by atoms with Crippen LogP contribution in [0.5, 0.6) is 0 Å². The summed E-state index contributed by atoms with van der Waals surface area (Å²) in [5, 5.41) is 11.4. The first-order valence-electron chi connectivity index (χ1n) is 7.78. The van der Waals surface area contributed by atoms with E-state index in [9.17, 15) is 9.90 Å². The van der Waals surface area contributed by atoms with Crippen LogP contribution >= 0.6 is 0 Å². The smallest absolute Gasteiger partial charge is 0.136 e. The highest BCUT2D eigenvalue weighted by Crippen LogP contribution is 2.25. The van der Waals surface area contributed by atoms with Gasteiger partial charge >= 0.3 is 0 Å². The van der Waals surface area contributed by atoms with E-state index in [0.29, 0.717) is 10.9 Å². The van der Waals surface area contributed by atoms with Crippen molar-refractivity contribution in [2.24, 2.45) is 0 Å². The van der Waals surface area contributed by atoms with Gasteiger partial charge in [0.05, 0.1) is 21.1 Å². The number of rotatable bonds is 11. The van der Waals surface area contributed by atoms with E-state index in [1.54, 1.807) is 0 Å². The Morgan fingerprint density at radius 1 is 0.947 bits per heavy atom. The molecule has 3 nitrogen and oxygen atoms in total. The molecule has 0 radical (unpaired) electrons. The summed E-state index contributed by atoms with van der Waals surface area (Å²) in [4.78, 5) is 11.4. The number of hydrogen-bond donors (Lipinski definition) is 0. The summed E-state index contributed by atoms with van der Waals surface area (Å²) in [5.74, 6) is -0.928. The van der Waals surface area contributed by atoms with Gasteiger partial charge in [-0.15, -0.1) is 0 Å². The maximum atomic E-state index is 11.4. The van der Waals surface area contributed by atoms with E-state index in [1.165, 1.54) is 38.5 Å². The molecule has 0 saturated carbocycles. The van der Waals surface area contributed by atoms with E-state index < -0.39 is 11.5 Å². The molecule has 0 aromatic heterocycles. The van der Waals surface area contributed by atoms with Crippen molar-refractivity contribution in [3.63, 3.8) is 0 Å². The first-order valence-corrected chi connectivity index (χ1v) is 7.78. The second-order valence-electron chi connectivity index (χ2n) is 6.80. The maximum Gasteiger partial charge on any atom is 0.136 e. The fourth-order valence-electron chi connectivity index (χ4n) is 2.31. The van der Waals surface area contributed by atoms with Crippen molar-refractivity contribution in [2.45, 2.75) is 77.2 Å². The first kappa shape index (κ1) is 18.4. The molecule has 0 aliphatic rings. The van der Waals surface area contributed by atoms with Crippen LogP contribution in [0.25, 0.3) is 0 Å². The number of carbonyl (C=O) groups is 1. The van der Waals surface area contributed by atoms with Gasteiger partial charge in [0, 0.05) is 6.42 Å². The predicted molar refractivity (Wildman–Crippen MR) is 78.7 cm³/mol. The number of likely N-dealkylation sites (N-methyl/N-ethyl adjacent to an activating group) is 1. The Morgan fingerprint density at radius 2 is 1.37 bits per heavy atom. The molecule has 0 aliphatic heterocycles. The number of hydrogen-bond acceptors (Lipinski definition) is 2. The third-order valence-electron chi connectivity index (χ3n) is 4.44. The van der Waals surface area contributed by atoms with Crippen LogP contribution in [0.15, 0.2) is 0 Å². The molecule has 0 rings (SSSR count). The van der Waals surface area contributed by atoms with Gasteiger partial charge in [-0.25, -0.2) is 0 Å². The van der Waals surface area contributed by atoms with Gasteiger partial charge in [0.15, 0.2) is 0 Å². The van der Waals surface area contributed by atoms with Crippen molar-refractivity contribution in [1.82, 2.24) is 0 Å². The van der Waals surface area contributed by atoms with Crippen LogP contribution in [0.4, 0.5) is 0 Å². The largest absolute Gasteiger partial charge is 0.544 e. The summed E-state index contributed by atoms with van der Waals surface area (Å²) in [7, 11) is 5.79. The monoisotopic (exact) mass is 271 g/mol. The lowest BCUT2D eigenvalue weighted by atomic mass is 9.91. The Labute approximate surface area is 119 Å². The van der Waals surface area contributed by atoms with Crippen LogP contribution in [0.1, 0.15) is 71.6 Å². The molecule has 0 bridgehead atoms. The van der Waals surface area contributed by atoms with E-state index in [-0.39, 0.29) is 0 Å². The molecule has 0 N–H and O–H groups in total. The molecule has 0 aromatic rings. The summed E-state index contributed by atoms with van der Waals surface area (Å²) in [6, 6.07) is 0. The average Bonchev–Trinajstić information content (AvgIpc) is 2.30. The molecule has 0 amide bonds.